The van der Waals surface area contributed by atoms with E-state index in [1.54, 1.807) is 4.90 Å². The molecule has 1 aliphatic rings. The van der Waals surface area contributed by atoms with Gasteiger partial charge in [-0.1, -0.05) is 24.3 Å². The molecule has 19 heavy (non-hydrogen) atoms. The Morgan fingerprint density at radius 3 is 3.00 bits per heavy atom. The monoisotopic (exact) mass is 258 g/mol. The van der Waals surface area contributed by atoms with Crippen LogP contribution in [0.15, 0.2) is 30.9 Å². The topological polar surface area (TPSA) is 49.4 Å². The summed E-state index contributed by atoms with van der Waals surface area (Å²) in [5.41, 5.74) is 3.44. The highest BCUT2D eigenvalue weighted by Gasteiger charge is 2.23. The zero-order valence-corrected chi connectivity index (χ0v) is 11.1. The van der Waals surface area contributed by atoms with E-state index in [0.717, 1.165) is 18.7 Å². The van der Waals surface area contributed by atoms with Crippen LogP contribution in [0, 0.1) is 6.92 Å². The minimum absolute atomic E-state index is 0.0481. The Morgan fingerprint density at radius 1 is 1.47 bits per heavy atom. The average Bonchev–Trinajstić information content (AvgIpc) is 2.81. The second-order valence-electron chi connectivity index (χ2n) is 4.67. The van der Waals surface area contributed by atoms with Gasteiger partial charge in [0, 0.05) is 25.2 Å². The van der Waals surface area contributed by atoms with Gasteiger partial charge in [-0.25, -0.2) is 0 Å². The van der Waals surface area contributed by atoms with Crippen molar-refractivity contribution in [2.75, 3.05) is 18.0 Å². The lowest BCUT2D eigenvalue weighted by Gasteiger charge is -2.17. The molecule has 1 aromatic carbocycles. The maximum Gasteiger partial charge on any atom is 0.243 e. The first-order valence-electron chi connectivity index (χ1n) is 6.42. The molecule has 0 saturated heterocycles. The summed E-state index contributed by atoms with van der Waals surface area (Å²) in [4.78, 5) is 24.9. The quantitative estimate of drug-likeness (QED) is 0.833. The van der Waals surface area contributed by atoms with Crippen LogP contribution in [0.5, 0.6) is 0 Å². The Hall–Kier alpha value is -2.10. The van der Waals surface area contributed by atoms with E-state index < -0.39 is 0 Å². The standard InChI is InChI=1S/C15H18N2O2/c1-3-14(18)16-8-6-15(19)17-9-7-12-10-11(2)4-5-13(12)17/h3-5,10H,1,6-9H2,2H3,(H,16,18). The van der Waals surface area contributed by atoms with Crippen molar-refractivity contribution in [2.45, 2.75) is 19.8 Å². The molecule has 4 heteroatoms. The fraction of sp³-hybridized carbons (Fsp3) is 0.333. The van der Waals surface area contributed by atoms with Gasteiger partial charge in [0.2, 0.25) is 11.8 Å². The second kappa shape index (κ2) is 5.69. The Bertz CT molecular complexity index is 523. The third kappa shape index (κ3) is 3.02. The number of aryl methyl sites for hydroxylation is 1. The first-order chi connectivity index (χ1) is 9.11. The fourth-order valence-corrected chi connectivity index (χ4v) is 2.29. The van der Waals surface area contributed by atoms with E-state index in [4.69, 9.17) is 0 Å². The maximum atomic E-state index is 12.1. The number of nitrogens with zero attached hydrogens (tertiary/aromatic N) is 1. The van der Waals surface area contributed by atoms with E-state index in [2.05, 4.69) is 24.9 Å². The number of carbonyl (C=O) groups is 2. The molecular formula is C15H18N2O2. The zero-order valence-electron chi connectivity index (χ0n) is 11.1. The smallest absolute Gasteiger partial charge is 0.243 e. The molecule has 0 atom stereocenters. The van der Waals surface area contributed by atoms with Crippen molar-refractivity contribution in [1.82, 2.24) is 5.32 Å². The number of hydrogen-bond acceptors (Lipinski definition) is 2. The van der Waals surface area contributed by atoms with Crippen LogP contribution in [0.4, 0.5) is 5.69 Å². The van der Waals surface area contributed by atoms with Crippen molar-refractivity contribution in [3.63, 3.8) is 0 Å². The van der Waals surface area contributed by atoms with E-state index in [1.165, 1.54) is 17.2 Å². The molecule has 1 aliphatic heterocycles. The Kier molecular flexibility index (Phi) is 4.00. The molecule has 0 saturated carbocycles. The number of anilines is 1. The van der Waals surface area contributed by atoms with E-state index in [0.29, 0.717) is 13.0 Å². The van der Waals surface area contributed by atoms with Crippen molar-refractivity contribution in [3.05, 3.63) is 42.0 Å². The summed E-state index contributed by atoms with van der Waals surface area (Å²) in [7, 11) is 0. The fourth-order valence-electron chi connectivity index (χ4n) is 2.29. The largest absolute Gasteiger partial charge is 0.352 e. The molecule has 4 nitrogen and oxygen atoms in total. The van der Waals surface area contributed by atoms with Crippen LogP contribution in [0.2, 0.25) is 0 Å². The first kappa shape index (κ1) is 13.3. The molecule has 0 spiro atoms. The molecule has 0 unspecified atom stereocenters. The molecule has 0 bridgehead atoms. The number of amides is 2. The van der Waals surface area contributed by atoms with Crippen molar-refractivity contribution in [3.8, 4) is 0 Å². The molecule has 2 rings (SSSR count). The average molecular weight is 258 g/mol. The number of benzene rings is 1. The van der Waals surface area contributed by atoms with Crippen LogP contribution in [0.3, 0.4) is 0 Å². The van der Waals surface area contributed by atoms with Crippen molar-refractivity contribution < 1.29 is 9.59 Å². The first-order valence-corrected chi connectivity index (χ1v) is 6.42. The van der Waals surface area contributed by atoms with Gasteiger partial charge in [-0.15, -0.1) is 0 Å². The van der Waals surface area contributed by atoms with Gasteiger partial charge in [0.1, 0.15) is 0 Å². The normalized spacial score (nSPS) is 13.0. The van der Waals surface area contributed by atoms with E-state index in [9.17, 15) is 9.59 Å². The maximum absolute atomic E-state index is 12.1. The number of carbonyl (C=O) groups excluding carboxylic acids is 2. The molecular weight excluding hydrogens is 240 g/mol. The molecule has 0 aromatic heterocycles. The summed E-state index contributed by atoms with van der Waals surface area (Å²) in [5, 5.41) is 2.62. The van der Waals surface area contributed by atoms with Gasteiger partial charge in [-0.2, -0.15) is 0 Å². The van der Waals surface area contributed by atoms with E-state index >= 15 is 0 Å². The van der Waals surface area contributed by atoms with Crippen molar-refractivity contribution >= 4 is 17.5 Å². The lowest BCUT2D eigenvalue weighted by atomic mass is 10.1. The molecule has 2 amide bonds. The van der Waals surface area contributed by atoms with Crippen LogP contribution in [0.25, 0.3) is 0 Å². The predicted octanol–water partition coefficient (Wildman–Crippen LogP) is 1.58. The van der Waals surface area contributed by atoms with Crippen molar-refractivity contribution in [2.24, 2.45) is 0 Å². The SMILES string of the molecule is C=CC(=O)NCCC(=O)N1CCc2cc(C)ccc21. The summed E-state index contributed by atoms with van der Waals surface area (Å²) in [6.45, 7) is 6.50. The summed E-state index contributed by atoms with van der Waals surface area (Å²) in [6, 6.07) is 6.14. The van der Waals surface area contributed by atoms with Gasteiger partial charge in [-0.05, 0) is 31.1 Å². The molecule has 100 valence electrons. The molecule has 0 radical (unpaired) electrons. The lowest BCUT2D eigenvalue weighted by Crippen LogP contribution is -2.32. The van der Waals surface area contributed by atoms with Gasteiger partial charge >= 0.3 is 0 Å². The summed E-state index contributed by atoms with van der Waals surface area (Å²) in [5.74, 6) is -0.197. The minimum Gasteiger partial charge on any atom is -0.352 e. The number of rotatable bonds is 4. The molecule has 1 N–H and O–H groups in total. The predicted molar refractivity (Wildman–Crippen MR) is 75.1 cm³/mol. The summed E-state index contributed by atoms with van der Waals surface area (Å²) < 4.78 is 0. The van der Waals surface area contributed by atoms with Crippen molar-refractivity contribution in [1.29, 1.82) is 0 Å². The highest BCUT2D eigenvalue weighted by Crippen LogP contribution is 2.29. The zero-order chi connectivity index (χ0) is 13.8. The number of fused-ring (bicyclic) bond motifs is 1. The molecule has 0 fully saturated rings. The second-order valence-corrected chi connectivity index (χ2v) is 4.67. The minimum atomic E-state index is -0.245. The van der Waals surface area contributed by atoms with Gasteiger partial charge in [0.15, 0.2) is 0 Å². The van der Waals surface area contributed by atoms with Gasteiger partial charge in [-0.3, -0.25) is 9.59 Å². The number of nitrogens with one attached hydrogen (secondary N) is 1. The highest BCUT2D eigenvalue weighted by atomic mass is 16.2. The van der Waals surface area contributed by atoms with Crippen LogP contribution in [0.1, 0.15) is 17.5 Å². The van der Waals surface area contributed by atoms with Gasteiger partial charge in [0.05, 0.1) is 0 Å². The summed E-state index contributed by atoms with van der Waals surface area (Å²) >= 11 is 0. The van der Waals surface area contributed by atoms with Crippen LogP contribution in [-0.2, 0) is 16.0 Å². The van der Waals surface area contributed by atoms with Gasteiger partial charge in [0.25, 0.3) is 0 Å². The Labute approximate surface area is 113 Å². The molecule has 0 aliphatic carbocycles. The number of hydrogen-bond donors (Lipinski definition) is 1. The van der Waals surface area contributed by atoms with Crippen LogP contribution in [-0.4, -0.2) is 24.9 Å². The Balaban J connectivity index is 1.95. The summed E-state index contributed by atoms with van der Waals surface area (Å²) in [6.07, 6.45) is 2.42. The Morgan fingerprint density at radius 2 is 2.26 bits per heavy atom. The molecule has 1 aromatic rings. The van der Waals surface area contributed by atoms with Gasteiger partial charge < -0.3 is 10.2 Å². The highest BCUT2D eigenvalue weighted by molar-refractivity contribution is 5.96. The lowest BCUT2D eigenvalue weighted by molar-refractivity contribution is -0.119. The van der Waals surface area contributed by atoms with Crippen LogP contribution >= 0.6 is 0 Å². The van der Waals surface area contributed by atoms with Crippen LogP contribution < -0.4 is 10.2 Å². The third-order valence-corrected chi connectivity index (χ3v) is 3.26. The molecule has 1 heterocycles. The van der Waals surface area contributed by atoms with E-state index in [-0.39, 0.29) is 11.8 Å². The third-order valence-electron chi connectivity index (χ3n) is 3.26. The van der Waals surface area contributed by atoms with E-state index in [1.807, 2.05) is 12.1 Å².